The lowest BCUT2D eigenvalue weighted by molar-refractivity contribution is -0.248. The van der Waals surface area contributed by atoms with Crippen LogP contribution in [-0.2, 0) is 4.79 Å². The van der Waals surface area contributed by atoms with Crippen LogP contribution in [0.3, 0.4) is 0 Å². The van der Waals surface area contributed by atoms with E-state index in [1.807, 2.05) is 0 Å². The van der Waals surface area contributed by atoms with Crippen LogP contribution in [0.15, 0.2) is 0 Å². The zero-order valence-corrected chi connectivity index (χ0v) is 21.5. The molecule has 4 unspecified atom stereocenters. The predicted molar refractivity (Wildman–Crippen MR) is 128 cm³/mol. The van der Waals surface area contributed by atoms with E-state index in [0.717, 1.165) is 44.9 Å². The molecule has 0 radical (unpaired) electrons. The molecule has 0 aromatic carbocycles. The van der Waals surface area contributed by atoms with Crippen molar-refractivity contribution in [2.75, 3.05) is 0 Å². The van der Waals surface area contributed by atoms with Crippen molar-refractivity contribution < 1.29 is 15.0 Å². The highest BCUT2D eigenvalue weighted by molar-refractivity contribution is 5.76. The SMILES string of the molecule is CC[C@@H]1CC[C@]2(C(=O)O)CC[C@]3(C)C(CCC4[C@@]5(C)CC[C@H](O)C(C)(C)C5CC[C@]43C)C12. The number of fused-ring (bicyclic) bond motifs is 7. The van der Waals surface area contributed by atoms with Gasteiger partial charge in [0.15, 0.2) is 0 Å². The van der Waals surface area contributed by atoms with E-state index in [2.05, 4.69) is 41.5 Å². The summed E-state index contributed by atoms with van der Waals surface area (Å²) in [5, 5.41) is 21.3. The van der Waals surface area contributed by atoms with Crippen LogP contribution in [-0.4, -0.2) is 22.3 Å². The Kier molecular flexibility index (Phi) is 5.06. The largest absolute Gasteiger partial charge is 0.481 e. The first-order valence-electron chi connectivity index (χ1n) is 13.8. The summed E-state index contributed by atoms with van der Waals surface area (Å²) in [7, 11) is 0. The van der Waals surface area contributed by atoms with Crippen molar-refractivity contribution in [1.29, 1.82) is 0 Å². The molecule has 0 aliphatic heterocycles. The first kappa shape index (κ1) is 23.2. The Bertz CT molecular complexity index is 789. The summed E-state index contributed by atoms with van der Waals surface area (Å²) in [4.78, 5) is 12.7. The van der Waals surface area contributed by atoms with Gasteiger partial charge in [-0.15, -0.1) is 0 Å². The zero-order valence-electron chi connectivity index (χ0n) is 21.5. The molecule has 0 aromatic rings. The molecule has 0 heterocycles. The fraction of sp³-hybridized carbons (Fsp3) is 0.966. The average Bonchev–Trinajstić information content (AvgIpc) is 3.12. The highest BCUT2D eigenvalue weighted by Gasteiger charge is 2.71. The van der Waals surface area contributed by atoms with E-state index in [1.165, 1.54) is 25.7 Å². The second kappa shape index (κ2) is 6.98. The van der Waals surface area contributed by atoms with Crippen molar-refractivity contribution in [3.63, 3.8) is 0 Å². The Morgan fingerprint density at radius 1 is 0.812 bits per heavy atom. The fourth-order valence-corrected chi connectivity index (χ4v) is 11.6. The normalized spacial score (nSPS) is 56.5. The minimum absolute atomic E-state index is 0.00410. The summed E-state index contributed by atoms with van der Waals surface area (Å²) in [5.74, 6) is 2.31. The molecule has 10 atom stereocenters. The number of rotatable bonds is 2. The molecule has 0 spiro atoms. The third kappa shape index (κ3) is 2.56. The molecular formula is C29H48O3. The van der Waals surface area contributed by atoms with Gasteiger partial charge in [0.2, 0.25) is 0 Å². The molecule has 5 aliphatic rings. The number of aliphatic hydroxyl groups excluding tert-OH is 1. The highest BCUT2D eigenvalue weighted by Crippen LogP contribution is 2.77. The van der Waals surface area contributed by atoms with Crippen molar-refractivity contribution in [1.82, 2.24) is 0 Å². The van der Waals surface area contributed by atoms with Crippen LogP contribution in [0.25, 0.3) is 0 Å². The second-order valence-corrected chi connectivity index (χ2v) is 14.2. The van der Waals surface area contributed by atoms with Gasteiger partial charge >= 0.3 is 5.97 Å². The lowest BCUT2D eigenvalue weighted by Crippen LogP contribution is -2.67. The van der Waals surface area contributed by atoms with E-state index in [4.69, 9.17) is 0 Å². The molecule has 0 saturated heterocycles. The molecule has 5 saturated carbocycles. The van der Waals surface area contributed by atoms with E-state index < -0.39 is 11.4 Å². The Balaban J connectivity index is 1.55. The predicted octanol–water partition coefficient (Wildman–Crippen LogP) is 6.92. The number of carboxylic acid groups (broad SMARTS) is 1. The van der Waals surface area contributed by atoms with Gasteiger partial charge in [0, 0.05) is 0 Å². The van der Waals surface area contributed by atoms with Crippen molar-refractivity contribution in [2.45, 2.75) is 118 Å². The lowest BCUT2D eigenvalue weighted by Gasteiger charge is -2.72. The summed E-state index contributed by atoms with van der Waals surface area (Å²) in [6.45, 7) is 14.7. The molecule has 3 heteroatoms. The summed E-state index contributed by atoms with van der Waals surface area (Å²) in [6.07, 6.45) is 12.0. The van der Waals surface area contributed by atoms with E-state index in [-0.39, 0.29) is 22.3 Å². The van der Waals surface area contributed by atoms with Crippen molar-refractivity contribution in [2.24, 2.45) is 56.7 Å². The maximum atomic E-state index is 12.7. The van der Waals surface area contributed by atoms with Crippen molar-refractivity contribution in [3.8, 4) is 0 Å². The summed E-state index contributed by atoms with van der Waals surface area (Å²) >= 11 is 0. The zero-order chi connectivity index (χ0) is 23.3. The van der Waals surface area contributed by atoms with Gasteiger partial charge in [-0.1, -0.05) is 48.0 Å². The molecule has 32 heavy (non-hydrogen) atoms. The fourth-order valence-electron chi connectivity index (χ4n) is 11.6. The first-order chi connectivity index (χ1) is 14.9. The minimum atomic E-state index is -0.494. The monoisotopic (exact) mass is 444 g/mol. The standard InChI is InChI=1S/C29H48O3/c1-7-18-10-15-29(24(31)32)17-16-27(5)19(23(18)29)8-9-21-26(4)13-12-22(30)25(2,3)20(26)11-14-28(21,27)6/h18-23,30H,7-17H2,1-6H3,(H,31,32)/t18-,19?,20?,21?,22+,23?,26+,27-,28-,29+/m1/s1. The van der Waals surface area contributed by atoms with Gasteiger partial charge in [-0.05, 0) is 115 Å². The Labute approximate surface area is 196 Å². The number of hydrogen-bond donors (Lipinski definition) is 2. The van der Waals surface area contributed by atoms with Crippen LogP contribution < -0.4 is 0 Å². The van der Waals surface area contributed by atoms with Gasteiger partial charge in [0.25, 0.3) is 0 Å². The van der Waals surface area contributed by atoms with Crippen LogP contribution in [0.4, 0.5) is 0 Å². The summed E-state index contributed by atoms with van der Waals surface area (Å²) in [6, 6.07) is 0. The van der Waals surface area contributed by atoms with Gasteiger partial charge in [0.05, 0.1) is 11.5 Å². The van der Waals surface area contributed by atoms with Crippen LogP contribution >= 0.6 is 0 Å². The molecule has 5 aliphatic carbocycles. The topological polar surface area (TPSA) is 57.5 Å². The molecular weight excluding hydrogens is 396 g/mol. The molecule has 3 nitrogen and oxygen atoms in total. The van der Waals surface area contributed by atoms with Gasteiger partial charge in [-0.2, -0.15) is 0 Å². The van der Waals surface area contributed by atoms with Crippen molar-refractivity contribution >= 4 is 5.97 Å². The van der Waals surface area contributed by atoms with E-state index in [0.29, 0.717) is 35.0 Å². The van der Waals surface area contributed by atoms with Crippen LogP contribution in [0, 0.1) is 56.7 Å². The molecule has 0 bridgehead atoms. The molecule has 0 aromatic heterocycles. The van der Waals surface area contributed by atoms with Gasteiger partial charge in [-0.25, -0.2) is 0 Å². The van der Waals surface area contributed by atoms with Crippen LogP contribution in [0.5, 0.6) is 0 Å². The lowest BCUT2D eigenvalue weighted by atomic mass is 9.32. The van der Waals surface area contributed by atoms with E-state index in [1.54, 1.807) is 0 Å². The molecule has 5 fully saturated rings. The first-order valence-corrected chi connectivity index (χ1v) is 13.8. The third-order valence-corrected chi connectivity index (χ3v) is 13.5. The number of aliphatic carboxylic acids is 1. The van der Waals surface area contributed by atoms with Crippen molar-refractivity contribution in [3.05, 3.63) is 0 Å². The molecule has 5 rings (SSSR count). The third-order valence-electron chi connectivity index (χ3n) is 13.5. The number of aliphatic hydroxyl groups is 1. The Morgan fingerprint density at radius 3 is 2.19 bits per heavy atom. The smallest absolute Gasteiger partial charge is 0.309 e. The van der Waals surface area contributed by atoms with E-state index >= 15 is 0 Å². The van der Waals surface area contributed by atoms with E-state index in [9.17, 15) is 15.0 Å². The second-order valence-electron chi connectivity index (χ2n) is 14.2. The Morgan fingerprint density at radius 2 is 1.53 bits per heavy atom. The minimum Gasteiger partial charge on any atom is -0.481 e. The molecule has 182 valence electrons. The maximum Gasteiger partial charge on any atom is 0.309 e. The van der Waals surface area contributed by atoms with Gasteiger partial charge in [-0.3, -0.25) is 4.79 Å². The van der Waals surface area contributed by atoms with Crippen LogP contribution in [0.1, 0.15) is 112 Å². The van der Waals surface area contributed by atoms with Gasteiger partial charge in [0.1, 0.15) is 0 Å². The van der Waals surface area contributed by atoms with Gasteiger partial charge < -0.3 is 10.2 Å². The Hall–Kier alpha value is -0.570. The quantitative estimate of drug-likeness (QED) is 0.486. The summed E-state index contributed by atoms with van der Waals surface area (Å²) in [5.41, 5.74) is 0.364. The van der Waals surface area contributed by atoms with Crippen LogP contribution in [0.2, 0.25) is 0 Å². The number of hydrogen-bond acceptors (Lipinski definition) is 2. The highest BCUT2D eigenvalue weighted by atomic mass is 16.4. The summed E-state index contributed by atoms with van der Waals surface area (Å²) < 4.78 is 0. The average molecular weight is 445 g/mol. The molecule has 2 N–H and O–H groups in total. The molecule has 0 amide bonds. The number of carbonyl (C=O) groups is 1. The maximum absolute atomic E-state index is 12.7. The number of carboxylic acids is 1.